The van der Waals surface area contributed by atoms with Crippen LogP contribution in [0.25, 0.3) is 0 Å². The lowest BCUT2D eigenvalue weighted by atomic mass is 10.00. The van der Waals surface area contributed by atoms with Crippen molar-refractivity contribution in [3.63, 3.8) is 0 Å². The standard InChI is InChI=1S/C14H19NO2/c1-9-5-10(2)7-11(6-9)14(16)13-4-3-12(8-15)17-13/h5-7,12-13H,3-4,8,15H2,1-2H3. The molecule has 0 aliphatic carbocycles. The number of rotatable bonds is 3. The molecule has 3 nitrogen and oxygen atoms in total. The van der Waals surface area contributed by atoms with Gasteiger partial charge < -0.3 is 10.5 Å². The first-order chi connectivity index (χ1) is 8.10. The van der Waals surface area contributed by atoms with Crippen LogP contribution >= 0.6 is 0 Å². The zero-order valence-electron chi connectivity index (χ0n) is 10.4. The molecule has 0 aromatic heterocycles. The smallest absolute Gasteiger partial charge is 0.191 e. The molecule has 0 saturated carbocycles. The van der Waals surface area contributed by atoms with Crippen LogP contribution in [0.3, 0.4) is 0 Å². The summed E-state index contributed by atoms with van der Waals surface area (Å²) < 4.78 is 5.63. The van der Waals surface area contributed by atoms with E-state index in [1.54, 1.807) is 0 Å². The molecule has 3 heteroatoms. The molecule has 2 rings (SSSR count). The Morgan fingerprint density at radius 3 is 2.47 bits per heavy atom. The van der Waals surface area contributed by atoms with Gasteiger partial charge in [0, 0.05) is 12.1 Å². The van der Waals surface area contributed by atoms with Crippen LogP contribution in [0.1, 0.15) is 34.3 Å². The van der Waals surface area contributed by atoms with Gasteiger partial charge in [-0.05, 0) is 38.8 Å². The lowest BCUT2D eigenvalue weighted by Gasteiger charge is -2.12. The molecule has 1 saturated heterocycles. The summed E-state index contributed by atoms with van der Waals surface area (Å²) in [6.07, 6.45) is 1.42. The summed E-state index contributed by atoms with van der Waals surface area (Å²) in [5.41, 5.74) is 8.53. The SMILES string of the molecule is Cc1cc(C)cc(C(=O)C2CCC(CN)O2)c1. The minimum absolute atomic E-state index is 0.0508. The van der Waals surface area contributed by atoms with Gasteiger partial charge in [0.25, 0.3) is 0 Å². The fourth-order valence-electron chi connectivity index (χ4n) is 2.37. The van der Waals surface area contributed by atoms with Crippen LogP contribution in [0.15, 0.2) is 18.2 Å². The Hall–Kier alpha value is -1.19. The molecule has 0 spiro atoms. The van der Waals surface area contributed by atoms with Crippen LogP contribution in [0.2, 0.25) is 0 Å². The molecule has 92 valence electrons. The minimum Gasteiger partial charge on any atom is -0.366 e. The second-order valence-corrected chi connectivity index (χ2v) is 4.80. The number of Topliss-reactive ketones (excluding diaryl/α,β-unsaturated/α-hetero) is 1. The molecule has 0 radical (unpaired) electrons. The van der Waals surface area contributed by atoms with Crippen LogP contribution < -0.4 is 5.73 Å². The van der Waals surface area contributed by atoms with E-state index in [4.69, 9.17) is 10.5 Å². The Labute approximate surface area is 102 Å². The van der Waals surface area contributed by atoms with Crippen molar-refractivity contribution in [2.75, 3.05) is 6.54 Å². The molecule has 1 heterocycles. The number of ether oxygens (including phenoxy) is 1. The number of carbonyl (C=O) groups is 1. The molecular formula is C14H19NO2. The van der Waals surface area contributed by atoms with E-state index in [1.165, 1.54) is 0 Å². The number of hydrogen-bond acceptors (Lipinski definition) is 3. The molecule has 2 unspecified atom stereocenters. The average Bonchev–Trinajstić information content (AvgIpc) is 2.75. The molecule has 2 N–H and O–H groups in total. The Morgan fingerprint density at radius 2 is 1.94 bits per heavy atom. The third-order valence-corrected chi connectivity index (χ3v) is 3.17. The number of nitrogens with two attached hydrogens (primary N) is 1. The Morgan fingerprint density at radius 1 is 1.29 bits per heavy atom. The summed E-state index contributed by atoms with van der Waals surface area (Å²) in [6, 6.07) is 5.91. The maximum absolute atomic E-state index is 12.2. The van der Waals surface area contributed by atoms with E-state index in [9.17, 15) is 4.79 Å². The second kappa shape index (κ2) is 4.98. The second-order valence-electron chi connectivity index (χ2n) is 4.80. The summed E-state index contributed by atoms with van der Waals surface area (Å²) in [4.78, 5) is 12.2. The van der Waals surface area contributed by atoms with Gasteiger partial charge >= 0.3 is 0 Å². The van der Waals surface area contributed by atoms with E-state index in [-0.39, 0.29) is 18.0 Å². The van der Waals surface area contributed by atoms with Crippen molar-refractivity contribution < 1.29 is 9.53 Å². The minimum atomic E-state index is -0.301. The van der Waals surface area contributed by atoms with E-state index in [0.717, 1.165) is 29.5 Å². The number of benzene rings is 1. The summed E-state index contributed by atoms with van der Waals surface area (Å²) in [7, 11) is 0. The van der Waals surface area contributed by atoms with Gasteiger partial charge in [-0.2, -0.15) is 0 Å². The van der Waals surface area contributed by atoms with E-state index in [1.807, 2.05) is 26.0 Å². The Kier molecular flexibility index (Phi) is 3.60. The summed E-state index contributed by atoms with van der Waals surface area (Å²) in [5.74, 6) is 0.0905. The van der Waals surface area contributed by atoms with Crippen LogP contribution in [0.4, 0.5) is 0 Å². The fourth-order valence-corrected chi connectivity index (χ4v) is 2.37. The third-order valence-electron chi connectivity index (χ3n) is 3.17. The monoisotopic (exact) mass is 233 g/mol. The van der Waals surface area contributed by atoms with Gasteiger partial charge in [-0.25, -0.2) is 0 Å². The average molecular weight is 233 g/mol. The lowest BCUT2D eigenvalue weighted by Crippen LogP contribution is -2.25. The fraction of sp³-hybridized carbons (Fsp3) is 0.500. The van der Waals surface area contributed by atoms with Gasteiger partial charge in [0.05, 0.1) is 6.10 Å². The summed E-state index contributed by atoms with van der Waals surface area (Å²) in [5, 5.41) is 0. The van der Waals surface area contributed by atoms with Crippen LogP contribution in [0.5, 0.6) is 0 Å². The quantitative estimate of drug-likeness (QED) is 0.812. The van der Waals surface area contributed by atoms with Crippen LogP contribution in [0, 0.1) is 13.8 Å². The van der Waals surface area contributed by atoms with Crippen molar-refractivity contribution in [3.05, 3.63) is 34.9 Å². The molecule has 0 bridgehead atoms. The zero-order chi connectivity index (χ0) is 12.4. The predicted octanol–water partition coefficient (Wildman–Crippen LogP) is 1.99. The third kappa shape index (κ3) is 2.73. The van der Waals surface area contributed by atoms with E-state index < -0.39 is 0 Å². The van der Waals surface area contributed by atoms with Crippen molar-refractivity contribution in [1.29, 1.82) is 0 Å². The van der Waals surface area contributed by atoms with Crippen molar-refractivity contribution >= 4 is 5.78 Å². The van der Waals surface area contributed by atoms with E-state index in [0.29, 0.717) is 6.54 Å². The first kappa shape index (κ1) is 12.3. The van der Waals surface area contributed by atoms with Gasteiger partial charge in [0.1, 0.15) is 6.10 Å². The van der Waals surface area contributed by atoms with Gasteiger partial charge in [0.2, 0.25) is 0 Å². The van der Waals surface area contributed by atoms with Crippen molar-refractivity contribution in [3.8, 4) is 0 Å². The molecule has 1 aliphatic rings. The molecule has 1 fully saturated rings. The number of ketones is 1. The van der Waals surface area contributed by atoms with Crippen molar-refractivity contribution in [1.82, 2.24) is 0 Å². The maximum atomic E-state index is 12.2. The predicted molar refractivity (Wildman–Crippen MR) is 67.2 cm³/mol. The molecule has 17 heavy (non-hydrogen) atoms. The first-order valence-electron chi connectivity index (χ1n) is 6.08. The first-order valence-corrected chi connectivity index (χ1v) is 6.08. The highest BCUT2D eigenvalue weighted by atomic mass is 16.5. The zero-order valence-corrected chi connectivity index (χ0v) is 10.4. The van der Waals surface area contributed by atoms with Gasteiger partial charge in [-0.3, -0.25) is 4.79 Å². The molecule has 2 atom stereocenters. The molecule has 1 aromatic carbocycles. The summed E-state index contributed by atoms with van der Waals surface area (Å²) in [6.45, 7) is 4.50. The van der Waals surface area contributed by atoms with Gasteiger partial charge in [0.15, 0.2) is 5.78 Å². The topological polar surface area (TPSA) is 52.3 Å². The number of hydrogen-bond donors (Lipinski definition) is 1. The van der Waals surface area contributed by atoms with Gasteiger partial charge in [-0.15, -0.1) is 0 Å². The Bertz CT molecular complexity index is 408. The summed E-state index contributed by atoms with van der Waals surface area (Å²) >= 11 is 0. The largest absolute Gasteiger partial charge is 0.366 e. The van der Waals surface area contributed by atoms with Crippen molar-refractivity contribution in [2.45, 2.75) is 38.9 Å². The lowest BCUT2D eigenvalue weighted by molar-refractivity contribution is 0.0404. The van der Waals surface area contributed by atoms with Crippen LogP contribution in [-0.2, 0) is 4.74 Å². The van der Waals surface area contributed by atoms with E-state index in [2.05, 4.69) is 6.07 Å². The highest BCUT2D eigenvalue weighted by Gasteiger charge is 2.30. The van der Waals surface area contributed by atoms with Crippen molar-refractivity contribution in [2.24, 2.45) is 5.73 Å². The van der Waals surface area contributed by atoms with Crippen LogP contribution in [-0.4, -0.2) is 24.5 Å². The van der Waals surface area contributed by atoms with Gasteiger partial charge in [-0.1, -0.05) is 17.2 Å². The normalized spacial score (nSPS) is 23.9. The number of aryl methyl sites for hydroxylation is 2. The highest BCUT2D eigenvalue weighted by Crippen LogP contribution is 2.23. The molecule has 0 amide bonds. The highest BCUT2D eigenvalue weighted by molar-refractivity contribution is 6.00. The maximum Gasteiger partial charge on any atom is 0.191 e. The molecule has 1 aliphatic heterocycles. The molecular weight excluding hydrogens is 214 g/mol. The molecule has 1 aromatic rings. The van der Waals surface area contributed by atoms with E-state index >= 15 is 0 Å². The number of carbonyl (C=O) groups excluding carboxylic acids is 1. The Balaban J connectivity index is 2.14.